The Morgan fingerprint density at radius 1 is 1.10 bits per heavy atom. The molecule has 1 fully saturated rings. The molecule has 2 aromatic carbocycles. The zero-order chi connectivity index (χ0) is 21.0. The SMILES string of the molecule is CC1(C)OC(=O)C(=CNc2ccc(C(=O)OCc3ccccc3)c(O)c2)C(=O)O1. The third-order valence-corrected chi connectivity index (χ3v) is 3.93. The molecule has 0 saturated carbocycles. The van der Waals surface area contributed by atoms with Crippen LogP contribution in [-0.4, -0.2) is 28.8 Å². The van der Waals surface area contributed by atoms with E-state index >= 15 is 0 Å². The highest BCUT2D eigenvalue weighted by Crippen LogP contribution is 2.25. The maximum atomic E-state index is 12.2. The van der Waals surface area contributed by atoms with Crippen molar-refractivity contribution in [2.75, 3.05) is 5.32 Å². The number of phenols is 1. The van der Waals surface area contributed by atoms with E-state index in [4.69, 9.17) is 14.2 Å². The van der Waals surface area contributed by atoms with E-state index in [2.05, 4.69) is 5.32 Å². The maximum Gasteiger partial charge on any atom is 0.350 e. The van der Waals surface area contributed by atoms with Crippen molar-refractivity contribution in [2.24, 2.45) is 0 Å². The number of anilines is 1. The molecule has 29 heavy (non-hydrogen) atoms. The average molecular weight is 397 g/mol. The zero-order valence-corrected chi connectivity index (χ0v) is 15.8. The van der Waals surface area contributed by atoms with E-state index in [1.165, 1.54) is 32.0 Å². The standard InChI is InChI=1S/C21H19NO7/c1-21(2)28-19(25)16(20(26)29-21)11-22-14-8-9-15(17(23)10-14)18(24)27-12-13-6-4-3-5-7-13/h3-11,22-23H,12H2,1-2H3. The van der Waals surface area contributed by atoms with Gasteiger partial charge in [0.25, 0.3) is 5.79 Å². The van der Waals surface area contributed by atoms with Gasteiger partial charge in [-0.15, -0.1) is 0 Å². The van der Waals surface area contributed by atoms with E-state index in [0.29, 0.717) is 5.69 Å². The van der Waals surface area contributed by atoms with E-state index in [9.17, 15) is 19.5 Å². The molecule has 0 aliphatic carbocycles. The minimum atomic E-state index is -1.33. The summed E-state index contributed by atoms with van der Waals surface area (Å²) in [6.45, 7) is 2.97. The Bertz CT molecular complexity index is 958. The van der Waals surface area contributed by atoms with Crippen molar-refractivity contribution in [3.8, 4) is 5.75 Å². The number of cyclic esters (lactones) is 2. The molecular formula is C21H19NO7. The minimum Gasteiger partial charge on any atom is -0.507 e. The van der Waals surface area contributed by atoms with E-state index in [1.54, 1.807) is 0 Å². The number of carbonyl (C=O) groups excluding carboxylic acids is 3. The van der Waals surface area contributed by atoms with Gasteiger partial charge in [0.1, 0.15) is 17.9 Å². The Balaban J connectivity index is 1.65. The number of hydrogen-bond donors (Lipinski definition) is 2. The summed E-state index contributed by atoms with van der Waals surface area (Å²) >= 11 is 0. The first-order chi connectivity index (χ1) is 13.7. The number of benzene rings is 2. The molecule has 3 rings (SSSR count). The Labute approximate surface area is 166 Å². The van der Waals surface area contributed by atoms with Crippen LogP contribution in [0.4, 0.5) is 5.69 Å². The molecule has 150 valence electrons. The summed E-state index contributed by atoms with van der Waals surface area (Å²) in [6, 6.07) is 13.3. The lowest BCUT2D eigenvalue weighted by molar-refractivity contribution is -0.222. The fraction of sp³-hybridized carbons (Fsp3) is 0.190. The molecule has 1 heterocycles. The van der Waals surface area contributed by atoms with Crippen LogP contribution in [0.2, 0.25) is 0 Å². The fourth-order valence-corrected chi connectivity index (χ4v) is 2.53. The first-order valence-electron chi connectivity index (χ1n) is 8.72. The Morgan fingerprint density at radius 2 is 1.76 bits per heavy atom. The first-order valence-corrected chi connectivity index (χ1v) is 8.72. The highest BCUT2D eigenvalue weighted by atomic mass is 16.7. The molecule has 8 nitrogen and oxygen atoms in total. The number of phenolic OH excluding ortho intramolecular Hbond substituents is 1. The quantitative estimate of drug-likeness (QED) is 0.450. The molecule has 1 saturated heterocycles. The van der Waals surface area contributed by atoms with Gasteiger partial charge in [-0.1, -0.05) is 30.3 Å². The monoisotopic (exact) mass is 397 g/mol. The van der Waals surface area contributed by atoms with Crippen molar-refractivity contribution in [1.29, 1.82) is 0 Å². The van der Waals surface area contributed by atoms with Crippen LogP contribution in [0.25, 0.3) is 0 Å². The minimum absolute atomic E-state index is 0.0163. The van der Waals surface area contributed by atoms with E-state index < -0.39 is 23.7 Å². The van der Waals surface area contributed by atoms with Gasteiger partial charge < -0.3 is 24.6 Å². The summed E-state index contributed by atoms with van der Waals surface area (Å²) in [7, 11) is 0. The van der Waals surface area contributed by atoms with Crippen LogP contribution >= 0.6 is 0 Å². The Morgan fingerprint density at radius 3 is 2.38 bits per heavy atom. The number of ether oxygens (including phenoxy) is 3. The van der Waals surface area contributed by atoms with Crippen LogP contribution in [0.1, 0.15) is 29.8 Å². The predicted molar refractivity (Wildman–Crippen MR) is 102 cm³/mol. The van der Waals surface area contributed by atoms with Crippen LogP contribution in [-0.2, 0) is 30.4 Å². The fourth-order valence-electron chi connectivity index (χ4n) is 2.53. The molecular weight excluding hydrogens is 378 g/mol. The number of nitrogens with one attached hydrogen (secondary N) is 1. The van der Waals surface area contributed by atoms with Gasteiger partial charge in [-0.05, 0) is 17.7 Å². The number of rotatable bonds is 5. The van der Waals surface area contributed by atoms with E-state index in [1.807, 2.05) is 30.3 Å². The maximum absolute atomic E-state index is 12.2. The highest BCUT2D eigenvalue weighted by molar-refractivity contribution is 6.15. The van der Waals surface area contributed by atoms with Gasteiger partial charge in [0.15, 0.2) is 5.57 Å². The average Bonchev–Trinajstić information content (AvgIpc) is 2.65. The lowest BCUT2D eigenvalue weighted by atomic mass is 10.1. The Kier molecular flexibility index (Phi) is 5.54. The van der Waals surface area contributed by atoms with Gasteiger partial charge in [-0.3, -0.25) is 0 Å². The smallest absolute Gasteiger partial charge is 0.350 e. The van der Waals surface area contributed by atoms with Crippen LogP contribution < -0.4 is 5.32 Å². The van der Waals surface area contributed by atoms with Crippen LogP contribution in [0.5, 0.6) is 5.75 Å². The molecule has 0 atom stereocenters. The topological polar surface area (TPSA) is 111 Å². The zero-order valence-electron chi connectivity index (χ0n) is 15.8. The molecule has 2 aromatic rings. The summed E-state index contributed by atoms with van der Waals surface area (Å²) in [6.07, 6.45) is 1.11. The summed E-state index contributed by atoms with van der Waals surface area (Å²) < 4.78 is 15.1. The molecule has 1 aliphatic heterocycles. The van der Waals surface area contributed by atoms with E-state index in [-0.39, 0.29) is 23.5 Å². The molecule has 2 N–H and O–H groups in total. The van der Waals surface area contributed by atoms with Crippen LogP contribution in [0.15, 0.2) is 60.3 Å². The number of esters is 3. The number of carbonyl (C=O) groups is 3. The third-order valence-electron chi connectivity index (χ3n) is 3.93. The number of hydrogen-bond acceptors (Lipinski definition) is 8. The van der Waals surface area contributed by atoms with Gasteiger partial charge in [0.05, 0.1) is 0 Å². The lowest BCUT2D eigenvalue weighted by Crippen LogP contribution is -2.42. The van der Waals surface area contributed by atoms with Crippen molar-refractivity contribution in [3.05, 3.63) is 71.4 Å². The summed E-state index contributed by atoms with van der Waals surface area (Å²) in [4.78, 5) is 36.0. The first kappa shape index (κ1) is 19.9. The second-order valence-corrected chi connectivity index (χ2v) is 6.67. The van der Waals surface area contributed by atoms with Gasteiger partial charge in [-0.25, -0.2) is 14.4 Å². The molecule has 0 bridgehead atoms. The van der Waals surface area contributed by atoms with Crippen LogP contribution in [0, 0.1) is 0 Å². The molecule has 0 aromatic heterocycles. The van der Waals surface area contributed by atoms with Gasteiger partial charge in [0.2, 0.25) is 0 Å². The van der Waals surface area contributed by atoms with Crippen molar-refractivity contribution in [2.45, 2.75) is 26.2 Å². The second kappa shape index (κ2) is 8.05. The highest BCUT2D eigenvalue weighted by Gasteiger charge is 2.38. The van der Waals surface area contributed by atoms with Crippen LogP contribution in [0.3, 0.4) is 0 Å². The van der Waals surface area contributed by atoms with Crippen molar-refractivity contribution < 1.29 is 33.7 Å². The second-order valence-electron chi connectivity index (χ2n) is 6.67. The van der Waals surface area contributed by atoms with Gasteiger partial charge in [-0.2, -0.15) is 0 Å². The molecule has 0 spiro atoms. The van der Waals surface area contributed by atoms with Gasteiger partial charge >= 0.3 is 17.9 Å². The molecule has 8 heteroatoms. The Hall–Kier alpha value is -3.81. The predicted octanol–water partition coefficient (Wildman–Crippen LogP) is 2.88. The summed E-state index contributed by atoms with van der Waals surface area (Å²) in [5, 5.41) is 12.8. The third kappa shape index (κ3) is 4.92. The largest absolute Gasteiger partial charge is 0.507 e. The normalized spacial score (nSPS) is 15.2. The summed E-state index contributed by atoms with van der Waals surface area (Å²) in [5.74, 6) is -3.99. The molecule has 0 unspecified atom stereocenters. The molecule has 1 aliphatic rings. The lowest BCUT2D eigenvalue weighted by Gasteiger charge is -2.29. The van der Waals surface area contributed by atoms with Gasteiger partial charge in [0, 0.05) is 31.8 Å². The molecule has 0 amide bonds. The van der Waals surface area contributed by atoms with Crippen molar-refractivity contribution in [3.63, 3.8) is 0 Å². The molecule has 0 radical (unpaired) electrons. The van der Waals surface area contributed by atoms with Crippen molar-refractivity contribution >= 4 is 23.6 Å². The van der Waals surface area contributed by atoms with E-state index in [0.717, 1.165) is 11.8 Å². The number of aromatic hydroxyl groups is 1. The summed E-state index contributed by atoms with van der Waals surface area (Å²) in [5.41, 5.74) is 0.812. The van der Waals surface area contributed by atoms with Crippen molar-refractivity contribution in [1.82, 2.24) is 0 Å².